The van der Waals surface area contributed by atoms with Crippen molar-refractivity contribution in [2.45, 2.75) is 13.0 Å². The minimum Gasteiger partial charge on any atom is -0.467 e. The molecular formula is C13H16N6O2S. The molecule has 22 heavy (non-hydrogen) atoms. The first-order valence-electron chi connectivity index (χ1n) is 6.79. The van der Waals surface area contributed by atoms with E-state index in [0.717, 1.165) is 29.4 Å². The summed E-state index contributed by atoms with van der Waals surface area (Å²) < 4.78 is 5.06. The molecule has 2 aromatic rings. The summed E-state index contributed by atoms with van der Waals surface area (Å²) in [6, 6.07) is 1.95. The minimum atomic E-state index is -0.261. The monoisotopic (exact) mass is 320 g/mol. The smallest absolute Gasteiger partial charge is 0.320 e. The molecule has 0 atom stereocenters. The second-order valence-corrected chi connectivity index (χ2v) is 5.75. The lowest BCUT2D eigenvalue weighted by Crippen LogP contribution is -2.30. The fraction of sp³-hybridized carbons (Fsp3) is 0.385. The van der Waals surface area contributed by atoms with Crippen molar-refractivity contribution in [1.82, 2.24) is 20.3 Å². The predicted molar refractivity (Wildman–Crippen MR) is 83.5 cm³/mol. The lowest BCUT2D eigenvalue weighted by atomic mass is 10.2. The summed E-state index contributed by atoms with van der Waals surface area (Å²) in [5, 5.41) is 5.85. The number of amides is 2. The van der Waals surface area contributed by atoms with Crippen molar-refractivity contribution in [2.24, 2.45) is 0 Å². The van der Waals surface area contributed by atoms with Crippen LogP contribution in [0.25, 0.3) is 0 Å². The van der Waals surface area contributed by atoms with Gasteiger partial charge in [0.1, 0.15) is 5.82 Å². The molecule has 8 nitrogen and oxygen atoms in total. The van der Waals surface area contributed by atoms with Crippen molar-refractivity contribution < 1.29 is 9.53 Å². The summed E-state index contributed by atoms with van der Waals surface area (Å²) in [5.41, 5.74) is 1.04. The van der Waals surface area contributed by atoms with Crippen LogP contribution < -0.4 is 20.3 Å². The van der Waals surface area contributed by atoms with Crippen LogP contribution >= 0.6 is 11.3 Å². The average molecular weight is 320 g/mol. The molecule has 3 heterocycles. The number of rotatable bonds is 3. The number of carbonyl (C=O) groups excluding carboxylic acids is 1. The molecule has 0 unspecified atom stereocenters. The van der Waals surface area contributed by atoms with E-state index in [1.807, 2.05) is 6.07 Å². The summed E-state index contributed by atoms with van der Waals surface area (Å²) >= 11 is 1.49. The van der Waals surface area contributed by atoms with Crippen LogP contribution in [0.4, 0.5) is 15.7 Å². The van der Waals surface area contributed by atoms with Crippen molar-refractivity contribution in [3.8, 4) is 6.01 Å². The molecule has 0 spiro atoms. The highest BCUT2D eigenvalue weighted by Crippen LogP contribution is 2.30. The highest BCUT2D eigenvalue weighted by molar-refractivity contribution is 7.15. The number of nitrogens with one attached hydrogen (secondary N) is 2. The maximum Gasteiger partial charge on any atom is 0.320 e. The van der Waals surface area contributed by atoms with E-state index in [4.69, 9.17) is 4.74 Å². The van der Waals surface area contributed by atoms with Gasteiger partial charge in [0, 0.05) is 31.1 Å². The van der Waals surface area contributed by atoms with Crippen molar-refractivity contribution in [3.05, 3.63) is 22.8 Å². The van der Waals surface area contributed by atoms with Gasteiger partial charge in [-0.25, -0.2) is 14.8 Å². The van der Waals surface area contributed by atoms with Gasteiger partial charge < -0.3 is 15.0 Å². The molecule has 2 N–H and O–H groups in total. The first-order chi connectivity index (χ1) is 10.7. The van der Waals surface area contributed by atoms with Crippen molar-refractivity contribution >= 4 is 28.3 Å². The average Bonchev–Trinajstić information content (AvgIpc) is 2.95. The van der Waals surface area contributed by atoms with Gasteiger partial charge in [0.05, 0.1) is 19.3 Å². The van der Waals surface area contributed by atoms with Crippen LogP contribution in [0.2, 0.25) is 0 Å². The molecule has 0 radical (unpaired) electrons. The molecule has 2 amide bonds. The van der Waals surface area contributed by atoms with Gasteiger partial charge in [-0.15, -0.1) is 0 Å². The molecular weight excluding hydrogens is 304 g/mol. The lowest BCUT2D eigenvalue weighted by molar-refractivity contribution is 0.254. The van der Waals surface area contributed by atoms with E-state index in [-0.39, 0.29) is 6.03 Å². The van der Waals surface area contributed by atoms with Gasteiger partial charge in [-0.1, -0.05) is 11.3 Å². The summed E-state index contributed by atoms with van der Waals surface area (Å²) in [5.74, 6) is 0.826. The second kappa shape index (κ2) is 6.14. The summed E-state index contributed by atoms with van der Waals surface area (Å²) in [6.07, 6.45) is 2.50. The fourth-order valence-electron chi connectivity index (χ4n) is 2.21. The third kappa shape index (κ3) is 2.93. The summed E-state index contributed by atoms with van der Waals surface area (Å²) in [6.45, 7) is 1.53. The van der Waals surface area contributed by atoms with E-state index >= 15 is 0 Å². The standard InChI is InChI=1S/C13H16N6O2S/c1-14-11(20)18-13-16-8-4-6-19(7-9(8)22-13)10-3-5-15-12(17-10)21-2/h3,5H,4,6-7H2,1-2H3,(H2,14,16,18,20). The Morgan fingerprint density at radius 2 is 2.32 bits per heavy atom. The zero-order valence-electron chi connectivity index (χ0n) is 12.3. The van der Waals surface area contributed by atoms with Crippen molar-refractivity contribution in [2.75, 3.05) is 30.9 Å². The number of hydrogen-bond acceptors (Lipinski definition) is 7. The van der Waals surface area contributed by atoms with E-state index in [1.165, 1.54) is 11.3 Å². The van der Waals surface area contributed by atoms with E-state index in [1.54, 1.807) is 20.4 Å². The van der Waals surface area contributed by atoms with Crippen LogP contribution in [0, 0.1) is 0 Å². The number of hydrogen-bond donors (Lipinski definition) is 2. The quantitative estimate of drug-likeness (QED) is 0.884. The number of anilines is 2. The van der Waals surface area contributed by atoms with E-state index < -0.39 is 0 Å². The number of ether oxygens (including phenoxy) is 1. The van der Waals surface area contributed by atoms with E-state index in [0.29, 0.717) is 17.7 Å². The number of carbonyl (C=O) groups is 1. The molecule has 3 rings (SSSR count). The fourth-order valence-corrected chi connectivity index (χ4v) is 3.23. The van der Waals surface area contributed by atoms with Crippen LogP contribution in [0.15, 0.2) is 12.3 Å². The SMILES string of the molecule is CNC(=O)Nc1nc2c(s1)CN(c1ccnc(OC)n1)CC2. The molecule has 2 aromatic heterocycles. The van der Waals surface area contributed by atoms with Gasteiger partial charge in [0.15, 0.2) is 5.13 Å². The second-order valence-electron chi connectivity index (χ2n) is 4.67. The number of aromatic nitrogens is 3. The Hall–Kier alpha value is -2.42. The molecule has 0 saturated carbocycles. The minimum absolute atomic E-state index is 0.261. The number of fused-ring (bicyclic) bond motifs is 1. The van der Waals surface area contributed by atoms with Crippen molar-refractivity contribution in [3.63, 3.8) is 0 Å². The molecule has 116 valence electrons. The first-order valence-corrected chi connectivity index (χ1v) is 7.60. The Labute approximate surface area is 131 Å². The van der Waals surface area contributed by atoms with Crippen LogP contribution in [0.5, 0.6) is 6.01 Å². The summed E-state index contributed by atoms with van der Waals surface area (Å²) in [4.78, 5) is 27.5. The zero-order chi connectivity index (χ0) is 15.5. The van der Waals surface area contributed by atoms with Gasteiger partial charge >= 0.3 is 12.0 Å². The normalized spacial score (nSPS) is 13.5. The molecule has 0 aliphatic carbocycles. The van der Waals surface area contributed by atoms with Crippen LogP contribution in [-0.2, 0) is 13.0 Å². The number of nitrogens with zero attached hydrogens (tertiary/aromatic N) is 4. The van der Waals surface area contributed by atoms with E-state index in [9.17, 15) is 4.79 Å². The Kier molecular flexibility index (Phi) is 4.05. The highest BCUT2D eigenvalue weighted by Gasteiger charge is 2.22. The van der Waals surface area contributed by atoms with Crippen LogP contribution in [-0.4, -0.2) is 41.7 Å². The highest BCUT2D eigenvalue weighted by atomic mass is 32.1. The Bertz CT molecular complexity index is 689. The maximum absolute atomic E-state index is 11.4. The Balaban J connectivity index is 1.77. The maximum atomic E-state index is 11.4. The third-order valence-electron chi connectivity index (χ3n) is 3.30. The molecule has 0 aromatic carbocycles. The molecule has 0 bridgehead atoms. The van der Waals surface area contributed by atoms with Gasteiger partial charge in [0.2, 0.25) is 0 Å². The largest absolute Gasteiger partial charge is 0.467 e. The summed E-state index contributed by atoms with van der Waals surface area (Å²) in [7, 11) is 3.13. The topological polar surface area (TPSA) is 92.3 Å². The predicted octanol–water partition coefficient (Wildman–Crippen LogP) is 1.26. The lowest BCUT2D eigenvalue weighted by Gasteiger charge is -2.26. The molecule has 0 saturated heterocycles. The molecule has 1 aliphatic heterocycles. The van der Waals surface area contributed by atoms with Gasteiger partial charge in [-0.05, 0) is 6.07 Å². The molecule has 0 fully saturated rings. The number of methoxy groups -OCH3 is 1. The number of urea groups is 1. The van der Waals surface area contributed by atoms with E-state index in [2.05, 4.69) is 30.5 Å². The number of thiazole rings is 1. The Morgan fingerprint density at radius 3 is 3.09 bits per heavy atom. The van der Waals surface area contributed by atoms with Gasteiger partial charge in [-0.3, -0.25) is 5.32 Å². The molecule has 9 heteroatoms. The van der Waals surface area contributed by atoms with Gasteiger partial charge in [-0.2, -0.15) is 4.98 Å². The third-order valence-corrected chi connectivity index (χ3v) is 4.30. The van der Waals surface area contributed by atoms with Gasteiger partial charge in [0.25, 0.3) is 0 Å². The Morgan fingerprint density at radius 1 is 1.45 bits per heavy atom. The zero-order valence-corrected chi connectivity index (χ0v) is 13.1. The molecule has 1 aliphatic rings. The van der Waals surface area contributed by atoms with Crippen LogP contribution in [0.1, 0.15) is 10.6 Å². The first kappa shape index (κ1) is 14.5. The van der Waals surface area contributed by atoms with Crippen LogP contribution in [0.3, 0.4) is 0 Å². The van der Waals surface area contributed by atoms with Crippen molar-refractivity contribution in [1.29, 1.82) is 0 Å².